The molecule has 2 aromatic rings. The van der Waals surface area contributed by atoms with Crippen molar-refractivity contribution in [3.8, 4) is 0 Å². The number of benzene rings is 1. The summed E-state index contributed by atoms with van der Waals surface area (Å²) in [6, 6.07) is 7.19. The zero-order valence-electron chi connectivity index (χ0n) is 15.2. The van der Waals surface area contributed by atoms with E-state index in [1.807, 2.05) is 13.0 Å². The first-order chi connectivity index (χ1) is 12.6. The van der Waals surface area contributed by atoms with E-state index in [9.17, 15) is 14.4 Å². The molecule has 0 aliphatic carbocycles. The number of carbonyl (C=O) groups excluding carboxylic acids is 1. The van der Waals surface area contributed by atoms with Gasteiger partial charge >= 0.3 is 11.1 Å². The third kappa shape index (κ3) is 3.88. The molecule has 1 saturated heterocycles. The van der Waals surface area contributed by atoms with Crippen LogP contribution in [0.1, 0.15) is 26.2 Å². The first kappa shape index (κ1) is 18.4. The molecule has 0 bridgehead atoms. The van der Waals surface area contributed by atoms with Gasteiger partial charge in [-0.2, -0.15) is 0 Å². The lowest BCUT2D eigenvalue weighted by Gasteiger charge is -2.15. The van der Waals surface area contributed by atoms with Crippen LogP contribution in [0.25, 0.3) is 11.0 Å². The highest BCUT2D eigenvalue weighted by molar-refractivity contribution is 5.80. The van der Waals surface area contributed by atoms with Gasteiger partial charge in [-0.25, -0.2) is 0 Å². The van der Waals surface area contributed by atoms with Gasteiger partial charge in [-0.15, -0.1) is 0 Å². The van der Waals surface area contributed by atoms with E-state index < -0.39 is 11.1 Å². The molecule has 0 unspecified atom stereocenters. The Morgan fingerprint density at radius 3 is 2.31 bits per heavy atom. The molecule has 2 heterocycles. The normalized spacial score (nSPS) is 14.8. The third-order valence-electron chi connectivity index (χ3n) is 4.93. The SMILES string of the molecule is CCn1c(=O)c(=O)n(CC(=O)NCCCN2CCCC2)c2ccccc21. The quantitative estimate of drug-likeness (QED) is 0.586. The zero-order chi connectivity index (χ0) is 18.5. The highest BCUT2D eigenvalue weighted by Gasteiger charge is 2.14. The average Bonchev–Trinajstić information content (AvgIpc) is 3.16. The Hall–Kier alpha value is -2.41. The van der Waals surface area contributed by atoms with Crippen molar-refractivity contribution in [2.45, 2.75) is 39.3 Å². The molecule has 0 spiro atoms. The number of carbonyl (C=O) groups is 1. The van der Waals surface area contributed by atoms with E-state index in [0.29, 0.717) is 24.1 Å². The van der Waals surface area contributed by atoms with Crippen molar-refractivity contribution in [1.29, 1.82) is 0 Å². The number of rotatable bonds is 7. The maximum atomic E-state index is 12.4. The van der Waals surface area contributed by atoms with E-state index in [4.69, 9.17) is 0 Å². The van der Waals surface area contributed by atoms with E-state index in [2.05, 4.69) is 10.2 Å². The number of para-hydroxylation sites is 2. The first-order valence-corrected chi connectivity index (χ1v) is 9.33. The number of aryl methyl sites for hydroxylation is 1. The van der Waals surface area contributed by atoms with Crippen molar-refractivity contribution >= 4 is 16.9 Å². The monoisotopic (exact) mass is 358 g/mol. The largest absolute Gasteiger partial charge is 0.355 e. The van der Waals surface area contributed by atoms with Crippen LogP contribution in [0.4, 0.5) is 0 Å². The fraction of sp³-hybridized carbons (Fsp3) is 0.526. The van der Waals surface area contributed by atoms with Crippen molar-refractivity contribution in [3.05, 3.63) is 45.0 Å². The lowest BCUT2D eigenvalue weighted by Crippen LogP contribution is -2.44. The van der Waals surface area contributed by atoms with E-state index in [-0.39, 0.29) is 12.5 Å². The van der Waals surface area contributed by atoms with Crippen LogP contribution in [0.5, 0.6) is 0 Å². The van der Waals surface area contributed by atoms with E-state index in [0.717, 1.165) is 26.1 Å². The molecule has 0 atom stereocenters. The van der Waals surface area contributed by atoms with Crippen molar-refractivity contribution in [1.82, 2.24) is 19.4 Å². The Labute approximate surface area is 152 Å². The number of nitrogens with one attached hydrogen (secondary N) is 1. The molecule has 1 aliphatic rings. The summed E-state index contributed by atoms with van der Waals surface area (Å²) in [5, 5.41) is 2.86. The Bertz CT molecular complexity index is 894. The molecule has 1 amide bonds. The molecule has 3 rings (SSSR count). The van der Waals surface area contributed by atoms with Gasteiger partial charge in [-0.1, -0.05) is 12.1 Å². The van der Waals surface area contributed by atoms with Crippen LogP contribution in [0, 0.1) is 0 Å². The van der Waals surface area contributed by atoms with E-state index in [1.54, 1.807) is 18.2 Å². The molecule has 1 aromatic carbocycles. The van der Waals surface area contributed by atoms with Crippen LogP contribution in [-0.4, -0.2) is 46.1 Å². The molecule has 0 radical (unpaired) electrons. The summed E-state index contributed by atoms with van der Waals surface area (Å²) in [6.45, 7) is 5.95. The standard InChI is InChI=1S/C19H26N4O3/c1-2-22-15-8-3-4-9-16(15)23(19(26)18(22)25)14-17(24)20-10-7-13-21-11-5-6-12-21/h3-4,8-9H,2,5-7,10-14H2,1H3,(H,20,24). The number of hydrogen-bond acceptors (Lipinski definition) is 4. The molecular formula is C19H26N4O3. The van der Waals surface area contributed by atoms with Crippen molar-refractivity contribution in [2.24, 2.45) is 0 Å². The second kappa shape index (κ2) is 8.31. The number of hydrogen-bond donors (Lipinski definition) is 1. The van der Waals surface area contributed by atoms with Crippen LogP contribution in [0.2, 0.25) is 0 Å². The lowest BCUT2D eigenvalue weighted by atomic mass is 10.2. The minimum absolute atomic E-state index is 0.136. The van der Waals surface area contributed by atoms with Crippen LogP contribution in [0.3, 0.4) is 0 Å². The predicted molar refractivity (Wildman–Crippen MR) is 101 cm³/mol. The maximum Gasteiger partial charge on any atom is 0.317 e. The Morgan fingerprint density at radius 2 is 1.65 bits per heavy atom. The van der Waals surface area contributed by atoms with Gasteiger partial charge in [-0.3, -0.25) is 19.0 Å². The van der Waals surface area contributed by atoms with Crippen LogP contribution >= 0.6 is 0 Å². The highest BCUT2D eigenvalue weighted by atomic mass is 16.2. The highest BCUT2D eigenvalue weighted by Crippen LogP contribution is 2.10. The second-order valence-corrected chi connectivity index (χ2v) is 6.68. The molecule has 1 N–H and O–H groups in total. The van der Waals surface area contributed by atoms with Gasteiger partial charge < -0.3 is 14.8 Å². The van der Waals surface area contributed by atoms with Gasteiger partial charge in [-0.05, 0) is 58.0 Å². The van der Waals surface area contributed by atoms with Gasteiger partial charge in [0.2, 0.25) is 5.91 Å². The van der Waals surface area contributed by atoms with Crippen molar-refractivity contribution in [2.75, 3.05) is 26.2 Å². The molecule has 0 saturated carbocycles. The van der Waals surface area contributed by atoms with Gasteiger partial charge in [0.15, 0.2) is 0 Å². The Balaban J connectivity index is 1.70. The topological polar surface area (TPSA) is 76.3 Å². The van der Waals surface area contributed by atoms with Crippen LogP contribution in [0.15, 0.2) is 33.9 Å². The fourth-order valence-corrected chi connectivity index (χ4v) is 3.58. The zero-order valence-corrected chi connectivity index (χ0v) is 15.2. The van der Waals surface area contributed by atoms with Gasteiger partial charge in [0.05, 0.1) is 11.0 Å². The van der Waals surface area contributed by atoms with E-state index in [1.165, 1.54) is 22.0 Å². The maximum absolute atomic E-state index is 12.4. The summed E-state index contributed by atoms with van der Waals surface area (Å²) < 4.78 is 2.72. The summed E-state index contributed by atoms with van der Waals surface area (Å²) >= 11 is 0. The molecule has 26 heavy (non-hydrogen) atoms. The minimum atomic E-state index is -0.655. The average molecular weight is 358 g/mol. The summed E-state index contributed by atoms with van der Waals surface area (Å²) in [7, 11) is 0. The van der Waals surface area contributed by atoms with Crippen LogP contribution < -0.4 is 16.4 Å². The molecule has 140 valence electrons. The molecule has 1 aliphatic heterocycles. The number of likely N-dealkylation sites (tertiary alicyclic amines) is 1. The smallest absolute Gasteiger partial charge is 0.317 e. The summed E-state index contributed by atoms with van der Waals surface area (Å²) in [5.41, 5.74) is 0.0263. The third-order valence-corrected chi connectivity index (χ3v) is 4.93. The number of aromatic nitrogens is 2. The molecule has 7 nitrogen and oxygen atoms in total. The summed E-state index contributed by atoms with van der Waals surface area (Å²) in [6.07, 6.45) is 3.40. The minimum Gasteiger partial charge on any atom is -0.355 e. The summed E-state index contributed by atoms with van der Waals surface area (Å²) in [5.74, 6) is -0.243. The Morgan fingerprint density at radius 1 is 1.04 bits per heavy atom. The van der Waals surface area contributed by atoms with Gasteiger partial charge in [0, 0.05) is 13.1 Å². The Kier molecular flexibility index (Phi) is 5.88. The van der Waals surface area contributed by atoms with Gasteiger partial charge in [0.25, 0.3) is 0 Å². The van der Waals surface area contributed by atoms with Gasteiger partial charge in [0.1, 0.15) is 6.54 Å². The second-order valence-electron chi connectivity index (χ2n) is 6.68. The number of fused-ring (bicyclic) bond motifs is 1. The molecule has 1 aromatic heterocycles. The lowest BCUT2D eigenvalue weighted by molar-refractivity contribution is -0.121. The van der Waals surface area contributed by atoms with E-state index >= 15 is 0 Å². The molecular weight excluding hydrogens is 332 g/mol. The summed E-state index contributed by atoms with van der Waals surface area (Å²) in [4.78, 5) is 39.4. The predicted octanol–water partition coefficient (Wildman–Crippen LogP) is 0.785. The first-order valence-electron chi connectivity index (χ1n) is 9.33. The van der Waals surface area contributed by atoms with Crippen LogP contribution in [-0.2, 0) is 17.9 Å². The molecule has 1 fully saturated rings. The van der Waals surface area contributed by atoms with Crippen molar-refractivity contribution in [3.63, 3.8) is 0 Å². The fourth-order valence-electron chi connectivity index (χ4n) is 3.58. The number of nitrogens with zero attached hydrogens (tertiary/aromatic N) is 3. The number of amides is 1. The molecule has 7 heteroatoms. The van der Waals surface area contributed by atoms with Crippen molar-refractivity contribution < 1.29 is 4.79 Å².